The van der Waals surface area contributed by atoms with Crippen LogP contribution in [0.5, 0.6) is 0 Å². The monoisotopic (exact) mass is 359 g/mol. The molecule has 0 spiro atoms. The van der Waals surface area contributed by atoms with Gasteiger partial charge < -0.3 is 10.8 Å². The van der Waals surface area contributed by atoms with Gasteiger partial charge in [-0.15, -0.1) is 0 Å². The van der Waals surface area contributed by atoms with Crippen LogP contribution in [0.15, 0.2) is 24.3 Å². The number of hydrogen-bond donors (Lipinski definition) is 4. The Morgan fingerprint density at radius 3 is 2.61 bits per heavy atom. The summed E-state index contributed by atoms with van der Waals surface area (Å²) in [5.41, 5.74) is 10.5. The summed E-state index contributed by atoms with van der Waals surface area (Å²) in [6.45, 7) is 4.15. The molecular formula is C15H22ClN3O3S. The molecule has 1 aromatic rings. The van der Waals surface area contributed by atoms with Crippen molar-refractivity contribution >= 4 is 35.2 Å². The van der Waals surface area contributed by atoms with Gasteiger partial charge in [0.15, 0.2) is 0 Å². The lowest BCUT2D eigenvalue weighted by atomic mass is 10.2. The molecule has 0 saturated carbocycles. The first-order chi connectivity index (χ1) is 10.8. The third kappa shape index (κ3) is 7.22. The predicted octanol–water partition coefficient (Wildman–Crippen LogP) is 1.18. The largest absolute Gasteiger partial charge is 0.382 e. The van der Waals surface area contributed by atoms with Gasteiger partial charge >= 0.3 is 0 Å². The third-order valence-corrected chi connectivity index (χ3v) is 4.58. The molecule has 0 fully saturated rings. The molecule has 1 rings (SSSR count). The van der Waals surface area contributed by atoms with E-state index in [1.165, 1.54) is 6.07 Å². The second-order valence-electron chi connectivity index (χ2n) is 5.49. The van der Waals surface area contributed by atoms with Crippen molar-refractivity contribution in [2.45, 2.75) is 26.0 Å². The first-order valence-electron chi connectivity index (χ1n) is 7.18. The van der Waals surface area contributed by atoms with Gasteiger partial charge in [-0.3, -0.25) is 20.4 Å². The van der Waals surface area contributed by atoms with Crippen LogP contribution in [-0.4, -0.2) is 40.6 Å². The van der Waals surface area contributed by atoms with E-state index in [0.29, 0.717) is 22.3 Å². The van der Waals surface area contributed by atoms with E-state index in [-0.39, 0.29) is 0 Å². The zero-order chi connectivity index (χ0) is 17.4. The molecule has 0 radical (unpaired) electrons. The molecule has 128 valence electrons. The van der Waals surface area contributed by atoms with Crippen LogP contribution >= 0.6 is 23.4 Å². The third-order valence-electron chi connectivity index (χ3n) is 2.82. The molecule has 1 aromatic carbocycles. The van der Waals surface area contributed by atoms with Gasteiger partial charge in [0.2, 0.25) is 0 Å². The van der Waals surface area contributed by atoms with Crippen LogP contribution < -0.4 is 16.6 Å². The molecule has 5 N–H and O–H groups in total. The normalized spacial score (nSPS) is 13.5. The lowest BCUT2D eigenvalue weighted by molar-refractivity contribution is -0.130. The number of carbonyl (C=O) groups is 2. The van der Waals surface area contributed by atoms with E-state index in [0.717, 1.165) is 5.75 Å². The smallest absolute Gasteiger partial charge is 0.269 e. The number of thioether (sulfide) groups is 1. The van der Waals surface area contributed by atoms with Gasteiger partial charge in [-0.2, -0.15) is 11.8 Å². The van der Waals surface area contributed by atoms with Crippen LogP contribution in [0, 0.1) is 5.92 Å². The number of carbonyl (C=O) groups excluding carboxylic acids is 2. The topological polar surface area (TPSA) is 104 Å². The summed E-state index contributed by atoms with van der Waals surface area (Å²) >= 11 is 7.36. The number of amides is 2. The van der Waals surface area contributed by atoms with Gasteiger partial charge in [-0.1, -0.05) is 31.5 Å². The molecule has 23 heavy (non-hydrogen) atoms. The Bertz CT molecular complexity index is 542. The average molecular weight is 360 g/mol. The molecule has 0 aliphatic rings. The van der Waals surface area contributed by atoms with Crippen LogP contribution in [0.2, 0.25) is 5.02 Å². The summed E-state index contributed by atoms with van der Waals surface area (Å²) in [5.74, 6) is 0.576. The number of halogens is 1. The fourth-order valence-corrected chi connectivity index (χ4v) is 2.87. The van der Waals surface area contributed by atoms with Crippen molar-refractivity contribution < 1.29 is 14.7 Å². The molecule has 8 heteroatoms. The number of hydrogen-bond acceptors (Lipinski definition) is 5. The molecule has 0 aliphatic heterocycles. The predicted molar refractivity (Wildman–Crippen MR) is 93.2 cm³/mol. The zero-order valence-electron chi connectivity index (χ0n) is 13.1. The molecule has 0 unspecified atom stereocenters. The number of hydrazine groups is 1. The van der Waals surface area contributed by atoms with Crippen molar-refractivity contribution in [2.24, 2.45) is 11.7 Å². The van der Waals surface area contributed by atoms with Crippen molar-refractivity contribution in [1.82, 2.24) is 10.9 Å². The number of benzene rings is 1. The minimum Gasteiger partial charge on any atom is -0.382 e. The van der Waals surface area contributed by atoms with Gasteiger partial charge in [0.1, 0.15) is 6.10 Å². The maximum Gasteiger partial charge on any atom is 0.269 e. The lowest BCUT2D eigenvalue weighted by Crippen LogP contribution is -2.52. The first kappa shape index (κ1) is 19.8. The van der Waals surface area contributed by atoms with Gasteiger partial charge in [0.05, 0.1) is 0 Å². The first-order valence-corrected chi connectivity index (χ1v) is 8.71. The minimum absolute atomic E-state index is 0.295. The van der Waals surface area contributed by atoms with Crippen molar-refractivity contribution in [3.8, 4) is 0 Å². The van der Waals surface area contributed by atoms with E-state index in [1.807, 2.05) is 0 Å². The van der Waals surface area contributed by atoms with Gasteiger partial charge in [0.25, 0.3) is 11.8 Å². The summed E-state index contributed by atoms with van der Waals surface area (Å²) in [4.78, 5) is 23.6. The number of aliphatic hydroxyl groups is 1. The summed E-state index contributed by atoms with van der Waals surface area (Å²) in [6, 6.07) is 5.57. The Balaban J connectivity index is 2.41. The minimum atomic E-state index is -1.39. The van der Waals surface area contributed by atoms with Gasteiger partial charge in [0, 0.05) is 22.4 Å². The molecule has 0 aromatic heterocycles. The molecule has 0 heterocycles. The van der Waals surface area contributed by atoms with E-state index in [1.54, 1.807) is 30.0 Å². The molecule has 0 bridgehead atoms. The number of nitrogens with two attached hydrogens (primary N) is 1. The zero-order valence-corrected chi connectivity index (χ0v) is 14.7. The Hall–Kier alpha value is -1.28. The standard InChI is InChI=1S/C15H22ClN3O3S/c1-9(2)7-23-8-12(17)13(20)15(22)19-18-14(21)10-4-3-5-11(16)6-10/h3-6,9,12-13,20H,7-8,17H2,1-2H3,(H,18,21)(H,19,22)/t12-,13+/m1/s1. The number of aliphatic hydroxyl groups excluding tert-OH is 1. The molecular weight excluding hydrogens is 338 g/mol. The summed E-state index contributed by atoms with van der Waals surface area (Å²) in [6.07, 6.45) is -1.39. The van der Waals surface area contributed by atoms with Gasteiger partial charge in [-0.05, 0) is 29.9 Å². The second kappa shape index (κ2) is 9.77. The summed E-state index contributed by atoms with van der Waals surface area (Å²) in [7, 11) is 0. The molecule has 0 aliphatic carbocycles. The van der Waals surface area contributed by atoms with Crippen LogP contribution in [0.3, 0.4) is 0 Å². The van der Waals surface area contributed by atoms with Crippen LogP contribution in [-0.2, 0) is 4.79 Å². The van der Waals surface area contributed by atoms with Crippen LogP contribution in [0.25, 0.3) is 0 Å². The fraction of sp³-hybridized carbons (Fsp3) is 0.467. The Labute approximate surface area is 145 Å². The maximum atomic E-state index is 11.8. The van der Waals surface area contributed by atoms with Crippen molar-refractivity contribution in [2.75, 3.05) is 11.5 Å². The number of nitrogens with one attached hydrogen (secondary N) is 2. The Kier molecular flexibility index (Phi) is 8.40. The Morgan fingerprint density at radius 1 is 1.30 bits per heavy atom. The summed E-state index contributed by atoms with van der Waals surface area (Å²) < 4.78 is 0. The van der Waals surface area contributed by atoms with E-state index in [4.69, 9.17) is 17.3 Å². The van der Waals surface area contributed by atoms with Crippen molar-refractivity contribution in [1.29, 1.82) is 0 Å². The van der Waals surface area contributed by atoms with E-state index < -0.39 is 24.0 Å². The highest BCUT2D eigenvalue weighted by atomic mass is 35.5. The van der Waals surface area contributed by atoms with E-state index in [9.17, 15) is 14.7 Å². The molecule has 2 amide bonds. The fourth-order valence-electron chi connectivity index (χ4n) is 1.62. The summed E-state index contributed by atoms with van der Waals surface area (Å²) in [5, 5.41) is 10.3. The lowest BCUT2D eigenvalue weighted by Gasteiger charge is -2.18. The number of rotatable bonds is 7. The highest BCUT2D eigenvalue weighted by molar-refractivity contribution is 7.99. The van der Waals surface area contributed by atoms with Crippen molar-refractivity contribution in [3.63, 3.8) is 0 Å². The SMILES string of the molecule is CC(C)CSC[C@@H](N)[C@H](O)C(=O)NNC(=O)c1cccc(Cl)c1. The van der Waals surface area contributed by atoms with Crippen molar-refractivity contribution in [3.05, 3.63) is 34.9 Å². The van der Waals surface area contributed by atoms with Crippen LogP contribution in [0.1, 0.15) is 24.2 Å². The average Bonchev–Trinajstić information content (AvgIpc) is 2.50. The van der Waals surface area contributed by atoms with Crippen LogP contribution in [0.4, 0.5) is 0 Å². The van der Waals surface area contributed by atoms with E-state index in [2.05, 4.69) is 24.7 Å². The van der Waals surface area contributed by atoms with Gasteiger partial charge in [-0.25, -0.2) is 0 Å². The molecule has 0 saturated heterocycles. The Morgan fingerprint density at radius 2 is 2.00 bits per heavy atom. The highest BCUT2D eigenvalue weighted by Gasteiger charge is 2.23. The molecule has 2 atom stereocenters. The van der Waals surface area contributed by atoms with E-state index >= 15 is 0 Å². The molecule has 6 nitrogen and oxygen atoms in total. The second-order valence-corrected chi connectivity index (χ2v) is 7.01. The highest BCUT2D eigenvalue weighted by Crippen LogP contribution is 2.11. The maximum absolute atomic E-state index is 11.8. The quantitative estimate of drug-likeness (QED) is 0.547.